The van der Waals surface area contributed by atoms with E-state index in [4.69, 9.17) is 0 Å². The second-order valence-corrected chi connectivity index (χ2v) is 25.2. The molecule has 2 heteroatoms. The Balaban J connectivity index is 0.000000172. The van der Waals surface area contributed by atoms with Crippen molar-refractivity contribution in [2.45, 2.75) is 236 Å². The van der Waals surface area contributed by atoms with E-state index in [-0.39, 0.29) is 12.2 Å². The molecular formula is C54H96O2. The Kier molecular flexibility index (Phi) is 13.6. The molecule has 0 saturated heterocycles. The van der Waals surface area contributed by atoms with Gasteiger partial charge in [0.25, 0.3) is 0 Å². The van der Waals surface area contributed by atoms with Gasteiger partial charge in [0.05, 0.1) is 12.2 Å². The van der Waals surface area contributed by atoms with Gasteiger partial charge in [0.2, 0.25) is 0 Å². The molecule has 0 aromatic carbocycles. The van der Waals surface area contributed by atoms with Crippen LogP contribution in [0, 0.1) is 105 Å². The molecular weight excluding hydrogens is 681 g/mol. The number of hydrogen-bond acceptors (Lipinski definition) is 2. The zero-order chi connectivity index (χ0) is 40.2. The van der Waals surface area contributed by atoms with Crippen molar-refractivity contribution in [1.29, 1.82) is 0 Å². The first kappa shape index (κ1) is 44.0. The molecule has 0 spiro atoms. The van der Waals surface area contributed by atoms with Gasteiger partial charge in [0, 0.05) is 0 Å². The summed E-state index contributed by atoms with van der Waals surface area (Å²) in [4.78, 5) is 0. The third-order valence-corrected chi connectivity index (χ3v) is 21.7. The summed E-state index contributed by atoms with van der Waals surface area (Å²) in [6.45, 7) is 25.4. The summed E-state index contributed by atoms with van der Waals surface area (Å²) >= 11 is 0. The number of aliphatic hydroxyl groups is 2. The van der Waals surface area contributed by atoms with E-state index < -0.39 is 0 Å². The Morgan fingerprint density at radius 2 is 0.768 bits per heavy atom. The first-order chi connectivity index (χ1) is 26.5. The standard InChI is InChI=1S/2C27H48O/c2*1-18(2)7-6-8-19(3)23-11-12-24-22-10-9-20-17-21(28)13-15-26(20,4)25(22)14-16-27(23,24)5/h2*18-25,28H,6-17H2,1-5H3/t2*19-,20-,21+,22+,23-,24+,25+,26+,27-/m11/s1. The van der Waals surface area contributed by atoms with Crippen LogP contribution in [0.5, 0.6) is 0 Å². The second kappa shape index (κ2) is 17.4. The first-order valence-corrected chi connectivity index (χ1v) is 25.9. The van der Waals surface area contributed by atoms with Crippen molar-refractivity contribution in [1.82, 2.24) is 0 Å². The van der Waals surface area contributed by atoms with E-state index in [0.717, 1.165) is 109 Å². The minimum absolute atomic E-state index is 0.00830. The Hall–Kier alpha value is -0.0800. The molecule has 0 heterocycles. The lowest BCUT2D eigenvalue weighted by atomic mass is 9.44. The highest BCUT2D eigenvalue weighted by Gasteiger charge is 2.62. The largest absolute Gasteiger partial charge is 0.393 e. The Morgan fingerprint density at radius 1 is 0.411 bits per heavy atom. The van der Waals surface area contributed by atoms with Crippen molar-refractivity contribution in [2.75, 3.05) is 0 Å². The molecule has 0 radical (unpaired) electrons. The maximum absolute atomic E-state index is 10.3. The van der Waals surface area contributed by atoms with Crippen LogP contribution in [-0.2, 0) is 0 Å². The molecule has 8 rings (SSSR count). The van der Waals surface area contributed by atoms with Gasteiger partial charge in [-0.05, 0) is 220 Å². The molecule has 0 aromatic rings. The van der Waals surface area contributed by atoms with Gasteiger partial charge in [0.1, 0.15) is 0 Å². The molecule has 324 valence electrons. The fourth-order valence-electron chi connectivity index (χ4n) is 18.5. The zero-order valence-electron chi connectivity index (χ0n) is 39.1. The van der Waals surface area contributed by atoms with Crippen LogP contribution < -0.4 is 0 Å². The maximum atomic E-state index is 10.3. The average Bonchev–Trinajstić information content (AvgIpc) is 3.69. The van der Waals surface area contributed by atoms with Crippen LogP contribution in [0.1, 0.15) is 223 Å². The fourth-order valence-corrected chi connectivity index (χ4v) is 18.5. The normalized spacial score (nSPS) is 49.4. The van der Waals surface area contributed by atoms with Crippen LogP contribution in [0.25, 0.3) is 0 Å². The molecule has 8 fully saturated rings. The summed E-state index contributed by atoms with van der Waals surface area (Å²) in [7, 11) is 0. The second-order valence-electron chi connectivity index (χ2n) is 25.2. The van der Waals surface area contributed by atoms with Gasteiger partial charge >= 0.3 is 0 Å². The molecule has 0 aromatic heterocycles. The van der Waals surface area contributed by atoms with E-state index in [1.807, 2.05) is 0 Å². The monoisotopic (exact) mass is 777 g/mol. The first-order valence-electron chi connectivity index (χ1n) is 25.9. The lowest BCUT2D eigenvalue weighted by Gasteiger charge is -2.61. The predicted molar refractivity (Wildman–Crippen MR) is 238 cm³/mol. The number of rotatable bonds is 10. The average molecular weight is 777 g/mol. The van der Waals surface area contributed by atoms with Gasteiger partial charge in [-0.25, -0.2) is 0 Å². The molecule has 8 saturated carbocycles. The Bertz CT molecular complexity index is 1180. The van der Waals surface area contributed by atoms with Crippen molar-refractivity contribution in [3.8, 4) is 0 Å². The number of hydrogen-bond donors (Lipinski definition) is 2. The molecule has 2 nitrogen and oxygen atoms in total. The van der Waals surface area contributed by atoms with Crippen molar-refractivity contribution in [2.24, 2.45) is 105 Å². The van der Waals surface area contributed by atoms with Crippen LogP contribution in [0.3, 0.4) is 0 Å². The summed E-state index contributed by atoms with van der Waals surface area (Å²) in [5.41, 5.74) is 2.31. The lowest BCUT2D eigenvalue weighted by Crippen LogP contribution is -2.54. The van der Waals surface area contributed by atoms with Gasteiger partial charge < -0.3 is 10.2 Å². The van der Waals surface area contributed by atoms with Crippen LogP contribution in [0.15, 0.2) is 0 Å². The number of aliphatic hydroxyl groups excluding tert-OH is 2. The molecule has 0 bridgehead atoms. The molecule has 8 aliphatic carbocycles. The number of fused-ring (bicyclic) bond motifs is 10. The predicted octanol–water partition coefficient (Wildman–Crippen LogP) is 14.9. The van der Waals surface area contributed by atoms with Crippen molar-refractivity contribution in [3.05, 3.63) is 0 Å². The molecule has 8 aliphatic rings. The summed E-state index contributed by atoms with van der Waals surface area (Å²) in [6, 6.07) is 0. The third kappa shape index (κ3) is 8.17. The summed E-state index contributed by atoms with van der Waals surface area (Å²) < 4.78 is 0. The Morgan fingerprint density at radius 3 is 1.14 bits per heavy atom. The van der Waals surface area contributed by atoms with Crippen LogP contribution in [-0.4, -0.2) is 22.4 Å². The maximum Gasteiger partial charge on any atom is 0.0543 e. The third-order valence-electron chi connectivity index (χ3n) is 21.7. The van der Waals surface area contributed by atoms with E-state index in [1.54, 1.807) is 0 Å². The van der Waals surface area contributed by atoms with Gasteiger partial charge in [-0.3, -0.25) is 0 Å². The molecule has 2 N–H and O–H groups in total. The van der Waals surface area contributed by atoms with E-state index in [0.29, 0.717) is 21.7 Å². The fraction of sp³-hybridized carbons (Fsp3) is 1.00. The van der Waals surface area contributed by atoms with Gasteiger partial charge in [-0.1, -0.05) is 108 Å². The summed E-state index contributed by atoms with van der Waals surface area (Å²) in [5, 5.41) is 20.5. The lowest BCUT2D eigenvalue weighted by molar-refractivity contribution is -0.129. The van der Waals surface area contributed by atoms with Crippen molar-refractivity contribution < 1.29 is 10.2 Å². The van der Waals surface area contributed by atoms with Gasteiger partial charge in [-0.15, -0.1) is 0 Å². The topological polar surface area (TPSA) is 40.5 Å². The molecule has 0 amide bonds. The van der Waals surface area contributed by atoms with Gasteiger partial charge in [0.15, 0.2) is 0 Å². The van der Waals surface area contributed by atoms with E-state index in [1.165, 1.54) is 128 Å². The SMILES string of the molecule is CC(C)CCC[C@@H](C)[C@H]1CC[C@H]2[C@@H]3CC[C@@H]4C[C@@H](O)CC[C@]4(C)[C@H]3CC[C@]12C.CC(C)CCC[C@@H](C)[C@H]1CC[C@H]2[C@@H]3CC[C@@H]4C[C@@H](O)CC[C@]4(C)[C@H]3CC[C@]12C. The summed E-state index contributed by atoms with van der Waals surface area (Å²) in [6.07, 6.45) is 33.2. The van der Waals surface area contributed by atoms with Crippen LogP contribution in [0.4, 0.5) is 0 Å². The van der Waals surface area contributed by atoms with Crippen molar-refractivity contribution in [3.63, 3.8) is 0 Å². The van der Waals surface area contributed by atoms with E-state index >= 15 is 0 Å². The summed E-state index contributed by atoms with van der Waals surface area (Å²) in [5.74, 6) is 13.0. The molecule has 56 heavy (non-hydrogen) atoms. The van der Waals surface area contributed by atoms with Crippen molar-refractivity contribution >= 4 is 0 Å². The molecule has 0 unspecified atom stereocenters. The molecule has 18 atom stereocenters. The quantitative estimate of drug-likeness (QED) is 0.232. The zero-order valence-corrected chi connectivity index (χ0v) is 39.1. The minimum atomic E-state index is -0.00830. The highest BCUT2D eigenvalue weighted by molar-refractivity contribution is 5.11. The highest BCUT2D eigenvalue weighted by Crippen LogP contribution is 2.70. The van der Waals surface area contributed by atoms with E-state index in [9.17, 15) is 10.2 Å². The van der Waals surface area contributed by atoms with Gasteiger partial charge in [-0.2, -0.15) is 0 Å². The highest BCUT2D eigenvalue weighted by atomic mass is 16.3. The Labute approximate surface area is 349 Å². The van der Waals surface area contributed by atoms with Crippen LogP contribution >= 0.6 is 0 Å². The van der Waals surface area contributed by atoms with E-state index in [2.05, 4.69) is 69.2 Å². The minimum Gasteiger partial charge on any atom is -0.393 e. The molecule has 0 aliphatic heterocycles. The smallest absolute Gasteiger partial charge is 0.0543 e. The van der Waals surface area contributed by atoms with Crippen LogP contribution in [0.2, 0.25) is 0 Å².